The summed E-state index contributed by atoms with van der Waals surface area (Å²) in [5, 5.41) is 9.69. The predicted octanol–water partition coefficient (Wildman–Crippen LogP) is 2.60. The number of aromatic amines is 1. The molecule has 140 valence electrons. The summed E-state index contributed by atoms with van der Waals surface area (Å²) in [4.78, 5) is 12.3. The number of fused-ring (bicyclic) bond motifs is 1. The molecule has 2 heterocycles. The Balaban J connectivity index is 1.39. The molecule has 1 amide bonds. The molecular weight excluding hydrogens is 358 g/mol. The molecule has 1 aliphatic heterocycles. The molecule has 4 rings (SSSR count). The van der Waals surface area contributed by atoms with Crippen LogP contribution in [0.5, 0.6) is 17.2 Å². The van der Waals surface area contributed by atoms with Gasteiger partial charge in [-0.15, -0.1) is 0 Å². The Kier molecular flexibility index (Phi) is 4.85. The number of nitrogens with zero attached hydrogens (tertiary/aromatic N) is 1. The van der Waals surface area contributed by atoms with Gasteiger partial charge in [0.25, 0.3) is 5.91 Å². The summed E-state index contributed by atoms with van der Waals surface area (Å²) in [5.41, 5.74) is 2.59. The van der Waals surface area contributed by atoms with E-state index in [1.807, 2.05) is 42.5 Å². The van der Waals surface area contributed by atoms with Crippen molar-refractivity contribution in [1.29, 1.82) is 0 Å². The fourth-order valence-electron chi connectivity index (χ4n) is 2.75. The van der Waals surface area contributed by atoms with Gasteiger partial charge in [0.05, 0.1) is 24.9 Å². The van der Waals surface area contributed by atoms with Crippen molar-refractivity contribution < 1.29 is 19.0 Å². The van der Waals surface area contributed by atoms with Gasteiger partial charge in [0.15, 0.2) is 11.5 Å². The molecule has 0 aliphatic carbocycles. The Hall–Kier alpha value is -3.92. The highest BCUT2D eigenvalue weighted by Crippen LogP contribution is 2.35. The van der Waals surface area contributed by atoms with Gasteiger partial charge in [-0.2, -0.15) is 5.10 Å². The second-order valence-corrected chi connectivity index (χ2v) is 5.92. The van der Waals surface area contributed by atoms with Crippen LogP contribution in [0.15, 0.2) is 48.5 Å². The third-order valence-corrected chi connectivity index (χ3v) is 4.16. The summed E-state index contributed by atoms with van der Waals surface area (Å²) in [7, 11) is 1.60. The molecule has 1 aromatic heterocycles. The summed E-state index contributed by atoms with van der Waals surface area (Å²) < 4.78 is 15.9. The number of benzene rings is 2. The second kappa shape index (κ2) is 7.76. The van der Waals surface area contributed by atoms with Gasteiger partial charge in [-0.3, -0.25) is 9.89 Å². The lowest BCUT2D eigenvalue weighted by atomic mass is 10.1. The molecule has 0 saturated heterocycles. The van der Waals surface area contributed by atoms with E-state index in [0.29, 0.717) is 28.6 Å². The standard InChI is InChI=1S/C21H17N3O4/c1-26-18-7-3-2-5-14(18)6-4-10-22-21(25)17-12-16(23-24-17)15-8-9-19-20(11-15)28-13-27-19/h2-3,5,7-9,11-12H,10,13H2,1H3,(H,22,25)(H,23,24). The van der Waals surface area contributed by atoms with Crippen molar-refractivity contribution in [3.05, 3.63) is 59.8 Å². The molecule has 2 aromatic carbocycles. The zero-order chi connectivity index (χ0) is 19.3. The van der Waals surface area contributed by atoms with Crippen LogP contribution in [0.1, 0.15) is 16.1 Å². The number of hydrogen-bond acceptors (Lipinski definition) is 5. The molecular formula is C21H17N3O4. The average molecular weight is 375 g/mol. The number of hydrogen-bond donors (Lipinski definition) is 2. The molecule has 28 heavy (non-hydrogen) atoms. The Morgan fingerprint density at radius 3 is 2.96 bits per heavy atom. The van der Waals surface area contributed by atoms with Crippen LogP contribution in [-0.4, -0.2) is 36.6 Å². The number of carbonyl (C=O) groups excluding carboxylic acids is 1. The summed E-state index contributed by atoms with van der Waals surface area (Å²) in [6.45, 7) is 0.415. The Bertz CT molecular complexity index is 1080. The maximum atomic E-state index is 12.3. The number of H-pyrrole nitrogens is 1. The van der Waals surface area contributed by atoms with Crippen LogP contribution in [-0.2, 0) is 0 Å². The van der Waals surface area contributed by atoms with Gasteiger partial charge < -0.3 is 19.5 Å². The highest BCUT2D eigenvalue weighted by molar-refractivity contribution is 5.93. The first-order chi connectivity index (χ1) is 13.7. The van der Waals surface area contributed by atoms with Gasteiger partial charge in [-0.05, 0) is 36.4 Å². The number of carbonyl (C=O) groups is 1. The third-order valence-electron chi connectivity index (χ3n) is 4.16. The highest BCUT2D eigenvalue weighted by Gasteiger charge is 2.16. The van der Waals surface area contributed by atoms with Crippen molar-refractivity contribution in [3.63, 3.8) is 0 Å². The Morgan fingerprint density at radius 1 is 1.21 bits per heavy atom. The normalized spacial score (nSPS) is 11.5. The van der Waals surface area contributed by atoms with Crippen molar-refractivity contribution in [2.75, 3.05) is 20.4 Å². The maximum Gasteiger partial charge on any atom is 0.270 e. The van der Waals surface area contributed by atoms with Gasteiger partial charge in [0.1, 0.15) is 11.4 Å². The van der Waals surface area contributed by atoms with Crippen LogP contribution < -0.4 is 19.5 Å². The van der Waals surface area contributed by atoms with Crippen molar-refractivity contribution in [2.24, 2.45) is 0 Å². The van der Waals surface area contributed by atoms with Crippen molar-refractivity contribution in [1.82, 2.24) is 15.5 Å². The first-order valence-corrected chi connectivity index (χ1v) is 8.60. The SMILES string of the molecule is COc1ccccc1C#CCNC(=O)c1cc(-c2ccc3c(c2)OCO3)n[nH]1. The van der Waals surface area contributed by atoms with Crippen LogP contribution in [0.25, 0.3) is 11.3 Å². The van der Waals surface area contributed by atoms with Gasteiger partial charge in [0, 0.05) is 5.56 Å². The number of nitrogens with one attached hydrogen (secondary N) is 2. The van der Waals surface area contributed by atoms with Gasteiger partial charge >= 0.3 is 0 Å². The fraction of sp³-hybridized carbons (Fsp3) is 0.143. The fourth-order valence-corrected chi connectivity index (χ4v) is 2.75. The lowest BCUT2D eigenvalue weighted by Crippen LogP contribution is -2.23. The smallest absolute Gasteiger partial charge is 0.270 e. The largest absolute Gasteiger partial charge is 0.495 e. The van der Waals surface area contributed by atoms with E-state index in [2.05, 4.69) is 27.4 Å². The van der Waals surface area contributed by atoms with E-state index in [1.165, 1.54) is 0 Å². The molecule has 1 aliphatic rings. The summed E-state index contributed by atoms with van der Waals surface area (Å²) in [6, 6.07) is 14.7. The predicted molar refractivity (Wildman–Crippen MR) is 102 cm³/mol. The molecule has 3 aromatic rings. The minimum atomic E-state index is -0.283. The first kappa shape index (κ1) is 17.5. The average Bonchev–Trinajstić information content (AvgIpc) is 3.40. The van der Waals surface area contributed by atoms with E-state index >= 15 is 0 Å². The first-order valence-electron chi connectivity index (χ1n) is 8.60. The zero-order valence-electron chi connectivity index (χ0n) is 15.1. The van der Waals surface area contributed by atoms with E-state index in [1.54, 1.807) is 13.2 Å². The number of ether oxygens (including phenoxy) is 3. The van der Waals surface area contributed by atoms with Crippen LogP contribution in [0.3, 0.4) is 0 Å². The van der Waals surface area contributed by atoms with Crippen LogP contribution in [0.2, 0.25) is 0 Å². The van der Waals surface area contributed by atoms with Crippen LogP contribution >= 0.6 is 0 Å². The molecule has 0 radical (unpaired) electrons. The van der Waals surface area contributed by atoms with Crippen LogP contribution in [0, 0.1) is 11.8 Å². The van der Waals surface area contributed by atoms with E-state index in [0.717, 1.165) is 11.1 Å². The lowest BCUT2D eigenvalue weighted by molar-refractivity contribution is 0.0953. The number of para-hydroxylation sites is 1. The molecule has 7 heteroatoms. The summed E-state index contributed by atoms with van der Waals surface area (Å²) in [5.74, 6) is 7.68. The molecule has 0 atom stereocenters. The maximum absolute atomic E-state index is 12.3. The topological polar surface area (TPSA) is 85.5 Å². The summed E-state index contributed by atoms with van der Waals surface area (Å²) >= 11 is 0. The van der Waals surface area contributed by atoms with Crippen molar-refractivity contribution in [3.8, 4) is 40.3 Å². The number of amides is 1. The molecule has 0 fully saturated rings. The number of methoxy groups -OCH3 is 1. The zero-order valence-corrected chi connectivity index (χ0v) is 15.1. The second-order valence-electron chi connectivity index (χ2n) is 5.92. The molecule has 0 bridgehead atoms. The van der Waals surface area contributed by atoms with E-state index in [-0.39, 0.29) is 19.2 Å². The Labute approximate surface area is 161 Å². The van der Waals surface area contributed by atoms with E-state index < -0.39 is 0 Å². The van der Waals surface area contributed by atoms with Crippen molar-refractivity contribution >= 4 is 5.91 Å². The monoisotopic (exact) mass is 375 g/mol. The summed E-state index contributed by atoms with van der Waals surface area (Å²) in [6.07, 6.45) is 0. The third kappa shape index (κ3) is 3.62. The van der Waals surface area contributed by atoms with E-state index in [4.69, 9.17) is 14.2 Å². The van der Waals surface area contributed by atoms with E-state index in [9.17, 15) is 4.79 Å². The number of aromatic nitrogens is 2. The molecule has 0 unspecified atom stereocenters. The lowest BCUT2D eigenvalue weighted by Gasteiger charge is -2.01. The minimum absolute atomic E-state index is 0.204. The Morgan fingerprint density at radius 2 is 2.07 bits per heavy atom. The molecule has 0 saturated carbocycles. The number of rotatable bonds is 4. The molecule has 2 N–H and O–H groups in total. The van der Waals surface area contributed by atoms with Gasteiger partial charge in [-0.1, -0.05) is 24.0 Å². The molecule has 7 nitrogen and oxygen atoms in total. The van der Waals surface area contributed by atoms with Crippen molar-refractivity contribution in [2.45, 2.75) is 0 Å². The quantitative estimate of drug-likeness (QED) is 0.685. The van der Waals surface area contributed by atoms with Gasteiger partial charge in [-0.25, -0.2) is 0 Å². The minimum Gasteiger partial charge on any atom is -0.495 e. The van der Waals surface area contributed by atoms with Gasteiger partial charge in [0.2, 0.25) is 6.79 Å². The molecule has 0 spiro atoms. The highest BCUT2D eigenvalue weighted by atomic mass is 16.7. The van der Waals surface area contributed by atoms with Crippen LogP contribution in [0.4, 0.5) is 0 Å².